The first-order chi connectivity index (χ1) is 8.58. The molecule has 0 aliphatic carbocycles. The van der Waals surface area contributed by atoms with Gasteiger partial charge in [-0.25, -0.2) is 4.39 Å². The predicted octanol–water partition coefficient (Wildman–Crippen LogP) is 4.15. The number of halogens is 2. The van der Waals surface area contributed by atoms with E-state index in [0.29, 0.717) is 23.6 Å². The molecule has 0 saturated carbocycles. The van der Waals surface area contributed by atoms with Gasteiger partial charge in [-0.15, -0.1) is 0 Å². The van der Waals surface area contributed by atoms with Gasteiger partial charge in [0, 0.05) is 11.0 Å². The van der Waals surface area contributed by atoms with Gasteiger partial charge in [-0.2, -0.15) is 0 Å². The third-order valence-electron chi connectivity index (χ3n) is 2.53. The van der Waals surface area contributed by atoms with Gasteiger partial charge in [0.2, 0.25) is 0 Å². The Morgan fingerprint density at radius 2 is 1.94 bits per heavy atom. The van der Waals surface area contributed by atoms with Gasteiger partial charge in [0.25, 0.3) is 0 Å². The third kappa shape index (κ3) is 3.09. The highest BCUT2D eigenvalue weighted by molar-refractivity contribution is 9.10. The number of rotatable bonds is 3. The molecular weight excluding hydrogens is 297 g/mol. The zero-order valence-corrected chi connectivity index (χ0v) is 11.5. The molecule has 0 aliphatic heterocycles. The van der Waals surface area contributed by atoms with Gasteiger partial charge in [-0.3, -0.25) is 0 Å². The van der Waals surface area contributed by atoms with Gasteiger partial charge in [0.05, 0.1) is 0 Å². The van der Waals surface area contributed by atoms with Crippen molar-refractivity contribution >= 4 is 15.9 Å². The standard InChI is InChI=1S/C14H13BrFNO/c1-9-4-12(2-3-14(9)16)18-13-6-10(8-17)5-11(15)7-13/h2-7H,8,17H2,1H3. The summed E-state index contributed by atoms with van der Waals surface area (Å²) >= 11 is 3.40. The molecule has 2 rings (SSSR count). The summed E-state index contributed by atoms with van der Waals surface area (Å²) in [6.45, 7) is 2.15. The SMILES string of the molecule is Cc1cc(Oc2cc(Br)cc(CN)c2)ccc1F. The molecule has 2 N–H and O–H groups in total. The molecular formula is C14H13BrFNO. The Balaban J connectivity index is 2.27. The molecule has 2 nitrogen and oxygen atoms in total. The van der Waals surface area contributed by atoms with Crippen LogP contribution in [0, 0.1) is 12.7 Å². The van der Waals surface area contributed by atoms with E-state index < -0.39 is 0 Å². The average molecular weight is 310 g/mol. The van der Waals surface area contributed by atoms with E-state index in [1.165, 1.54) is 6.07 Å². The topological polar surface area (TPSA) is 35.2 Å². The maximum absolute atomic E-state index is 13.1. The summed E-state index contributed by atoms with van der Waals surface area (Å²) in [5, 5.41) is 0. The van der Waals surface area contributed by atoms with Crippen molar-refractivity contribution in [3.05, 3.63) is 57.8 Å². The van der Waals surface area contributed by atoms with Crippen LogP contribution in [-0.2, 0) is 6.54 Å². The fourth-order valence-electron chi connectivity index (χ4n) is 1.61. The lowest BCUT2D eigenvalue weighted by molar-refractivity contribution is 0.478. The molecule has 0 atom stereocenters. The molecule has 2 aromatic rings. The summed E-state index contributed by atoms with van der Waals surface area (Å²) < 4.78 is 19.7. The van der Waals surface area contributed by atoms with Crippen LogP contribution in [0.1, 0.15) is 11.1 Å². The second-order valence-corrected chi connectivity index (χ2v) is 4.93. The highest BCUT2D eigenvalue weighted by atomic mass is 79.9. The second-order valence-electron chi connectivity index (χ2n) is 4.01. The molecule has 0 amide bonds. The lowest BCUT2D eigenvalue weighted by atomic mass is 10.2. The maximum atomic E-state index is 13.1. The van der Waals surface area contributed by atoms with Gasteiger partial charge in [0.1, 0.15) is 17.3 Å². The van der Waals surface area contributed by atoms with Crippen molar-refractivity contribution in [1.29, 1.82) is 0 Å². The van der Waals surface area contributed by atoms with Gasteiger partial charge in [-0.1, -0.05) is 15.9 Å². The Morgan fingerprint density at radius 3 is 2.61 bits per heavy atom. The first-order valence-corrected chi connectivity index (χ1v) is 6.31. The third-order valence-corrected chi connectivity index (χ3v) is 2.99. The van der Waals surface area contributed by atoms with Crippen molar-refractivity contribution in [3.63, 3.8) is 0 Å². The van der Waals surface area contributed by atoms with Crippen LogP contribution in [0.2, 0.25) is 0 Å². The fraction of sp³-hybridized carbons (Fsp3) is 0.143. The van der Waals surface area contributed by atoms with E-state index in [4.69, 9.17) is 10.5 Å². The maximum Gasteiger partial charge on any atom is 0.128 e. The summed E-state index contributed by atoms with van der Waals surface area (Å²) in [6, 6.07) is 10.3. The van der Waals surface area contributed by atoms with Gasteiger partial charge >= 0.3 is 0 Å². The summed E-state index contributed by atoms with van der Waals surface area (Å²) in [5.74, 6) is 1.05. The number of benzene rings is 2. The fourth-order valence-corrected chi connectivity index (χ4v) is 2.13. The normalized spacial score (nSPS) is 10.4. The van der Waals surface area contributed by atoms with Crippen LogP contribution in [-0.4, -0.2) is 0 Å². The van der Waals surface area contributed by atoms with E-state index in [1.54, 1.807) is 19.1 Å². The van der Waals surface area contributed by atoms with Gasteiger partial charge in [0.15, 0.2) is 0 Å². The van der Waals surface area contributed by atoms with Crippen molar-refractivity contribution in [2.45, 2.75) is 13.5 Å². The molecule has 94 valence electrons. The van der Waals surface area contributed by atoms with Crippen LogP contribution in [0.25, 0.3) is 0 Å². The van der Waals surface area contributed by atoms with E-state index in [1.807, 2.05) is 18.2 Å². The molecule has 0 aliphatic rings. The quantitative estimate of drug-likeness (QED) is 0.924. The zero-order valence-electron chi connectivity index (χ0n) is 9.91. The summed E-state index contributed by atoms with van der Waals surface area (Å²) in [6.07, 6.45) is 0. The molecule has 2 aromatic carbocycles. The molecule has 0 saturated heterocycles. The van der Waals surface area contributed by atoms with Crippen LogP contribution in [0.4, 0.5) is 4.39 Å². The first-order valence-electron chi connectivity index (χ1n) is 5.52. The predicted molar refractivity (Wildman–Crippen MR) is 73.2 cm³/mol. The Kier molecular flexibility index (Phi) is 3.99. The summed E-state index contributed by atoms with van der Waals surface area (Å²) in [4.78, 5) is 0. The van der Waals surface area contributed by atoms with E-state index in [0.717, 1.165) is 10.0 Å². The van der Waals surface area contributed by atoms with Crippen molar-refractivity contribution in [2.24, 2.45) is 5.73 Å². The van der Waals surface area contributed by atoms with Crippen LogP contribution in [0.15, 0.2) is 40.9 Å². The zero-order chi connectivity index (χ0) is 13.1. The number of hydrogen-bond donors (Lipinski definition) is 1. The number of ether oxygens (including phenoxy) is 1. The smallest absolute Gasteiger partial charge is 0.128 e. The molecule has 4 heteroatoms. The first kappa shape index (κ1) is 13.1. The number of hydrogen-bond acceptors (Lipinski definition) is 2. The highest BCUT2D eigenvalue weighted by Crippen LogP contribution is 2.27. The molecule has 0 fully saturated rings. The molecule has 0 bridgehead atoms. The lowest BCUT2D eigenvalue weighted by Crippen LogP contribution is -1.96. The Morgan fingerprint density at radius 1 is 1.17 bits per heavy atom. The van der Waals surface area contributed by atoms with Crippen LogP contribution < -0.4 is 10.5 Å². The van der Waals surface area contributed by atoms with E-state index in [2.05, 4.69) is 15.9 Å². The molecule has 0 radical (unpaired) electrons. The van der Waals surface area contributed by atoms with Crippen molar-refractivity contribution in [2.75, 3.05) is 0 Å². The second kappa shape index (κ2) is 5.50. The van der Waals surface area contributed by atoms with Gasteiger partial charge in [-0.05, 0) is 54.4 Å². The lowest BCUT2D eigenvalue weighted by Gasteiger charge is -2.09. The molecule has 18 heavy (non-hydrogen) atoms. The minimum Gasteiger partial charge on any atom is -0.457 e. The largest absolute Gasteiger partial charge is 0.457 e. The van der Waals surface area contributed by atoms with E-state index >= 15 is 0 Å². The molecule has 0 spiro atoms. The molecule has 0 unspecified atom stereocenters. The number of nitrogens with two attached hydrogens (primary N) is 1. The molecule has 0 heterocycles. The highest BCUT2D eigenvalue weighted by Gasteiger charge is 2.03. The minimum atomic E-state index is -0.237. The van der Waals surface area contributed by atoms with Crippen molar-refractivity contribution < 1.29 is 9.13 Å². The Labute approximate surface area is 114 Å². The van der Waals surface area contributed by atoms with Crippen molar-refractivity contribution in [3.8, 4) is 11.5 Å². The van der Waals surface area contributed by atoms with Gasteiger partial charge < -0.3 is 10.5 Å². The summed E-state index contributed by atoms with van der Waals surface area (Å²) in [5.41, 5.74) is 7.13. The van der Waals surface area contributed by atoms with Crippen LogP contribution in [0.3, 0.4) is 0 Å². The van der Waals surface area contributed by atoms with Crippen LogP contribution in [0.5, 0.6) is 11.5 Å². The minimum absolute atomic E-state index is 0.237. The van der Waals surface area contributed by atoms with Crippen molar-refractivity contribution in [1.82, 2.24) is 0 Å². The van der Waals surface area contributed by atoms with E-state index in [9.17, 15) is 4.39 Å². The van der Waals surface area contributed by atoms with Crippen LogP contribution >= 0.6 is 15.9 Å². The van der Waals surface area contributed by atoms with E-state index in [-0.39, 0.29) is 5.82 Å². The monoisotopic (exact) mass is 309 g/mol. The average Bonchev–Trinajstić information content (AvgIpc) is 2.33. The molecule has 0 aromatic heterocycles. The number of aryl methyl sites for hydroxylation is 1. The summed E-state index contributed by atoms with van der Waals surface area (Å²) in [7, 11) is 0. The Bertz CT molecular complexity index is 572. The Hall–Kier alpha value is -1.39.